The molecule has 2 aromatic rings. The molecule has 0 bridgehead atoms. The monoisotopic (exact) mass is 315 g/mol. The molecule has 112 valence electrons. The van der Waals surface area contributed by atoms with Crippen molar-refractivity contribution in [2.75, 3.05) is 7.05 Å². The van der Waals surface area contributed by atoms with Gasteiger partial charge in [0.25, 0.3) is 0 Å². The zero-order valence-electron chi connectivity index (χ0n) is 11.2. The van der Waals surface area contributed by atoms with Gasteiger partial charge in [-0.15, -0.1) is 0 Å². The highest BCUT2D eigenvalue weighted by Crippen LogP contribution is 2.39. The number of hydrogen-bond donors (Lipinski definition) is 1. The molecule has 0 unspecified atom stereocenters. The van der Waals surface area contributed by atoms with Crippen molar-refractivity contribution in [3.05, 3.63) is 58.6 Å². The summed E-state index contributed by atoms with van der Waals surface area (Å²) in [5, 5.41) is 3.21. The summed E-state index contributed by atoms with van der Waals surface area (Å²) >= 11 is 5.80. The molecule has 0 aliphatic heterocycles. The van der Waals surface area contributed by atoms with Gasteiger partial charge in [-0.05, 0) is 42.9 Å². The van der Waals surface area contributed by atoms with Gasteiger partial charge in [0.1, 0.15) is 11.5 Å². The molecule has 0 amide bonds. The molecule has 0 aliphatic rings. The number of rotatable bonds is 4. The van der Waals surface area contributed by atoms with E-state index in [4.69, 9.17) is 16.3 Å². The number of halogens is 4. The Morgan fingerprint density at radius 1 is 1.14 bits per heavy atom. The minimum absolute atomic E-state index is 0.246. The van der Waals surface area contributed by atoms with E-state index in [1.54, 1.807) is 31.3 Å². The minimum atomic E-state index is -4.49. The normalized spacial score (nSPS) is 11.5. The highest BCUT2D eigenvalue weighted by atomic mass is 35.5. The van der Waals surface area contributed by atoms with Crippen molar-refractivity contribution in [2.45, 2.75) is 12.7 Å². The zero-order valence-corrected chi connectivity index (χ0v) is 11.9. The molecule has 6 heteroatoms. The minimum Gasteiger partial charge on any atom is -0.457 e. The van der Waals surface area contributed by atoms with Gasteiger partial charge < -0.3 is 10.1 Å². The van der Waals surface area contributed by atoms with Crippen LogP contribution in [0.3, 0.4) is 0 Å². The lowest BCUT2D eigenvalue weighted by molar-refractivity contribution is -0.138. The zero-order chi connectivity index (χ0) is 15.5. The van der Waals surface area contributed by atoms with Crippen LogP contribution in [0.1, 0.15) is 11.1 Å². The first-order valence-corrected chi connectivity index (χ1v) is 6.56. The van der Waals surface area contributed by atoms with E-state index >= 15 is 0 Å². The molecule has 2 aromatic carbocycles. The fraction of sp³-hybridized carbons (Fsp3) is 0.200. The highest BCUT2D eigenvalue weighted by molar-refractivity contribution is 6.30. The molecule has 0 saturated heterocycles. The maximum Gasteiger partial charge on any atom is 0.419 e. The number of benzene rings is 2. The fourth-order valence-corrected chi connectivity index (χ4v) is 2.04. The highest BCUT2D eigenvalue weighted by Gasteiger charge is 2.34. The molecular weight excluding hydrogens is 303 g/mol. The largest absolute Gasteiger partial charge is 0.457 e. The molecule has 0 heterocycles. The van der Waals surface area contributed by atoms with E-state index in [2.05, 4.69) is 5.32 Å². The van der Waals surface area contributed by atoms with Crippen LogP contribution in [-0.4, -0.2) is 7.05 Å². The second-order valence-corrected chi connectivity index (χ2v) is 4.85. The van der Waals surface area contributed by atoms with Crippen LogP contribution in [0.4, 0.5) is 13.2 Å². The smallest absolute Gasteiger partial charge is 0.419 e. The first-order chi connectivity index (χ1) is 9.90. The van der Waals surface area contributed by atoms with Crippen molar-refractivity contribution in [2.24, 2.45) is 0 Å². The van der Waals surface area contributed by atoms with E-state index in [1.165, 1.54) is 12.1 Å². The number of alkyl halides is 3. The van der Waals surface area contributed by atoms with E-state index in [0.717, 1.165) is 6.07 Å². The van der Waals surface area contributed by atoms with E-state index < -0.39 is 11.7 Å². The van der Waals surface area contributed by atoms with E-state index in [9.17, 15) is 13.2 Å². The third-order valence-corrected chi connectivity index (χ3v) is 2.99. The van der Waals surface area contributed by atoms with Crippen molar-refractivity contribution >= 4 is 11.6 Å². The Morgan fingerprint density at radius 3 is 2.52 bits per heavy atom. The molecule has 0 fully saturated rings. The van der Waals surface area contributed by atoms with Gasteiger partial charge in [0.05, 0.1) is 5.56 Å². The Hall–Kier alpha value is -1.72. The van der Waals surface area contributed by atoms with Crippen molar-refractivity contribution in [1.29, 1.82) is 0 Å². The van der Waals surface area contributed by atoms with Crippen LogP contribution < -0.4 is 10.1 Å². The van der Waals surface area contributed by atoms with Gasteiger partial charge >= 0.3 is 6.18 Å². The van der Waals surface area contributed by atoms with Gasteiger partial charge in [-0.1, -0.05) is 23.7 Å². The predicted molar refractivity (Wildman–Crippen MR) is 75.7 cm³/mol. The summed E-state index contributed by atoms with van der Waals surface area (Å²) in [7, 11) is 1.67. The van der Waals surface area contributed by atoms with E-state index in [1.807, 2.05) is 0 Å². The van der Waals surface area contributed by atoms with Gasteiger partial charge in [-0.2, -0.15) is 13.2 Å². The third kappa shape index (κ3) is 4.12. The Bertz CT molecular complexity index is 629. The summed E-state index contributed by atoms with van der Waals surface area (Å²) in [5.41, 5.74) is -0.279. The average Bonchev–Trinajstić information content (AvgIpc) is 2.39. The Kier molecular flexibility index (Phi) is 4.75. The maximum atomic E-state index is 13.1. The standard InChI is InChI=1S/C15H13ClF3NO/c1-20-9-10-5-6-14(13(7-10)15(17,18)19)21-12-4-2-3-11(16)8-12/h2-8,20H,9H2,1H3. The van der Waals surface area contributed by atoms with Crippen molar-refractivity contribution < 1.29 is 17.9 Å². The Labute approximate surface area is 125 Å². The summed E-state index contributed by atoms with van der Waals surface area (Å²) in [4.78, 5) is 0. The molecule has 0 saturated carbocycles. The fourth-order valence-electron chi connectivity index (χ4n) is 1.86. The molecule has 0 atom stereocenters. The first-order valence-electron chi connectivity index (χ1n) is 6.18. The molecule has 0 radical (unpaired) electrons. The van der Waals surface area contributed by atoms with Crippen LogP contribution in [-0.2, 0) is 12.7 Å². The summed E-state index contributed by atoms with van der Waals surface area (Å²) in [6, 6.07) is 10.2. The molecular formula is C15H13ClF3NO. The molecule has 2 nitrogen and oxygen atoms in total. The number of ether oxygens (including phenoxy) is 1. The lowest BCUT2D eigenvalue weighted by atomic mass is 10.1. The lowest BCUT2D eigenvalue weighted by Crippen LogP contribution is -2.10. The second-order valence-electron chi connectivity index (χ2n) is 4.42. The first kappa shape index (κ1) is 15.7. The van der Waals surface area contributed by atoms with Crippen molar-refractivity contribution in [1.82, 2.24) is 5.32 Å². The second kappa shape index (κ2) is 6.37. The van der Waals surface area contributed by atoms with E-state index in [-0.39, 0.29) is 11.5 Å². The Morgan fingerprint density at radius 2 is 1.90 bits per heavy atom. The summed E-state index contributed by atoms with van der Waals surface area (Å²) in [6.45, 7) is 0.348. The average molecular weight is 316 g/mol. The summed E-state index contributed by atoms with van der Waals surface area (Å²) in [5.74, 6) is 0.0130. The molecule has 0 aromatic heterocycles. The number of hydrogen-bond acceptors (Lipinski definition) is 2. The van der Waals surface area contributed by atoms with Gasteiger partial charge in [0.2, 0.25) is 0 Å². The Balaban J connectivity index is 2.38. The van der Waals surface area contributed by atoms with E-state index in [0.29, 0.717) is 17.1 Å². The molecule has 21 heavy (non-hydrogen) atoms. The van der Waals surface area contributed by atoms with Crippen LogP contribution in [0.15, 0.2) is 42.5 Å². The molecule has 1 N–H and O–H groups in total. The maximum absolute atomic E-state index is 13.1. The quantitative estimate of drug-likeness (QED) is 0.869. The molecule has 0 spiro atoms. The van der Waals surface area contributed by atoms with Crippen LogP contribution >= 0.6 is 11.6 Å². The van der Waals surface area contributed by atoms with Gasteiger partial charge in [-0.3, -0.25) is 0 Å². The summed E-state index contributed by atoms with van der Waals surface area (Å²) < 4.78 is 44.7. The van der Waals surface area contributed by atoms with Crippen molar-refractivity contribution in [3.63, 3.8) is 0 Å². The SMILES string of the molecule is CNCc1ccc(Oc2cccc(Cl)c2)c(C(F)(F)F)c1. The van der Waals surface area contributed by atoms with Crippen LogP contribution in [0.2, 0.25) is 5.02 Å². The molecule has 2 rings (SSSR count). The van der Waals surface area contributed by atoms with Crippen LogP contribution in [0.5, 0.6) is 11.5 Å². The van der Waals surface area contributed by atoms with Gasteiger partial charge in [-0.25, -0.2) is 0 Å². The summed E-state index contributed by atoms with van der Waals surface area (Å²) in [6.07, 6.45) is -4.49. The van der Waals surface area contributed by atoms with Crippen molar-refractivity contribution in [3.8, 4) is 11.5 Å². The predicted octanol–water partition coefficient (Wildman–Crippen LogP) is 4.87. The van der Waals surface area contributed by atoms with Gasteiger partial charge in [0, 0.05) is 11.6 Å². The van der Waals surface area contributed by atoms with Crippen LogP contribution in [0.25, 0.3) is 0 Å². The number of nitrogens with one attached hydrogen (secondary N) is 1. The third-order valence-electron chi connectivity index (χ3n) is 2.75. The topological polar surface area (TPSA) is 21.3 Å². The lowest BCUT2D eigenvalue weighted by Gasteiger charge is -2.15. The van der Waals surface area contributed by atoms with Gasteiger partial charge in [0.15, 0.2) is 0 Å². The molecule has 0 aliphatic carbocycles. The van der Waals surface area contributed by atoms with Crippen LogP contribution in [0, 0.1) is 0 Å².